The molecule has 1 aliphatic carbocycles. The Hall–Kier alpha value is -1.82. The average molecular weight is 373 g/mol. The first-order valence-electron chi connectivity index (χ1n) is 9.34. The summed E-state index contributed by atoms with van der Waals surface area (Å²) >= 11 is 1.47. The van der Waals surface area contributed by atoms with E-state index >= 15 is 0 Å². The Labute approximate surface area is 160 Å². The number of benzene rings is 1. The second kappa shape index (κ2) is 8.25. The summed E-state index contributed by atoms with van der Waals surface area (Å²) in [5.41, 5.74) is 2.23. The van der Waals surface area contributed by atoms with Gasteiger partial charge in [-0.15, -0.1) is 10.2 Å². The zero-order valence-corrected chi connectivity index (χ0v) is 16.9. The van der Waals surface area contributed by atoms with Crippen molar-refractivity contribution in [2.75, 3.05) is 12.8 Å². The Morgan fingerprint density at radius 1 is 1.19 bits per heavy atom. The van der Waals surface area contributed by atoms with E-state index in [4.69, 9.17) is 0 Å². The lowest BCUT2D eigenvalue weighted by Crippen LogP contribution is -2.40. The molecule has 0 unspecified atom stereocenters. The van der Waals surface area contributed by atoms with E-state index in [1.165, 1.54) is 24.6 Å². The fourth-order valence-corrected chi connectivity index (χ4v) is 4.50. The summed E-state index contributed by atoms with van der Waals surface area (Å²) in [4.78, 5) is 14.6. The van der Waals surface area contributed by atoms with Crippen LogP contribution in [0.15, 0.2) is 29.4 Å². The third-order valence-corrected chi connectivity index (χ3v) is 6.32. The lowest BCUT2D eigenvalue weighted by molar-refractivity contribution is -0.129. The van der Waals surface area contributed by atoms with Gasteiger partial charge in [-0.1, -0.05) is 36.9 Å². The van der Waals surface area contributed by atoms with Crippen LogP contribution in [0, 0.1) is 19.8 Å². The monoisotopic (exact) mass is 372 g/mol. The number of aryl methyl sites for hydroxylation is 2. The van der Waals surface area contributed by atoms with Gasteiger partial charge in [0.1, 0.15) is 5.82 Å². The number of thioether (sulfide) groups is 1. The first kappa shape index (κ1) is 19.0. The van der Waals surface area contributed by atoms with Gasteiger partial charge in [0.05, 0.1) is 11.4 Å². The van der Waals surface area contributed by atoms with E-state index in [0.717, 1.165) is 41.0 Å². The molecule has 1 heterocycles. The lowest BCUT2D eigenvalue weighted by atomic mass is 9.87. The van der Waals surface area contributed by atoms with Crippen LogP contribution in [0.5, 0.6) is 0 Å². The summed E-state index contributed by atoms with van der Waals surface area (Å²) in [7, 11) is 1.95. The zero-order valence-electron chi connectivity index (χ0n) is 16.1. The van der Waals surface area contributed by atoms with Crippen molar-refractivity contribution < 1.29 is 4.79 Å². The molecule has 0 bridgehead atoms. The lowest BCUT2D eigenvalue weighted by Gasteiger charge is -2.33. The van der Waals surface area contributed by atoms with E-state index in [-0.39, 0.29) is 5.91 Å². The minimum Gasteiger partial charge on any atom is -0.342 e. The van der Waals surface area contributed by atoms with Gasteiger partial charge in [0.15, 0.2) is 5.16 Å². The van der Waals surface area contributed by atoms with Crippen molar-refractivity contribution >= 4 is 17.7 Å². The number of carbonyl (C=O) groups excluding carboxylic acids is 1. The highest BCUT2D eigenvalue weighted by Crippen LogP contribution is 2.28. The Morgan fingerprint density at radius 3 is 2.58 bits per heavy atom. The quantitative estimate of drug-likeness (QED) is 0.744. The Balaban J connectivity index is 1.67. The predicted molar refractivity (Wildman–Crippen MR) is 106 cm³/mol. The van der Waals surface area contributed by atoms with Gasteiger partial charge in [-0.2, -0.15) is 0 Å². The summed E-state index contributed by atoms with van der Waals surface area (Å²) < 4.78 is 2.04. The van der Waals surface area contributed by atoms with E-state index in [2.05, 4.69) is 36.2 Å². The van der Waals surface area contributed by atoms with E-state index in [1.54, 1.807) is 0 Å². The normalized spacial score (nSPS) is 20.2. The second-order valence-electron chi connectivity index (χ2n) is 7.36. The van der Waals surface area contributed by atoms with Crippen LogP contribution in [-0.2, 0) is 4.79 Å². The van der Waals surface area contributed by atoms with Crippen LogP contribution in [-0.4, -0.2) is 44.4 Å². The maximum atomic E-state index is 12.7. The third kappa shape index (κ3) is 4.11. The van der Waals surface area contributed by atoms with Crippen molar-refractivity contribution in [2.45, 2.75) is 57.7 Å². The van der Waals surface area contributed by atoms with Crippen molar-refractivity contribution in [3.05, 3.63) is 35.7 Å². The molecule has 0 saturated heterocycles. The third-order valence-electron chi connectivity index (χ3n) is 5.40. The molecule has 1 fully saturated rings. The van der Waals surface area contributed by atoms with Gasteiger partial charge in [-0.25, -0.2) is 0 Å². The molecule has 3 rings (SSSR count). The molecule has 2 aromatic rings. The van der Waals surface area contributed by atoms with Crippen LogP contribution < -0.4 is 0 Å². The van der Waals surface area contributed by atoms with Crippen LogP contribution in [0.4, 0.5) is 0 Å². The number of carbonyl (C=O) groups is 1. The summed E-state index contributed by atoms with van der Waals surface area (Å²) in [5.74, 6) is 2.20. The standard InChI is InChI=1S/C20H28N4OS/c1-14-9-11-17(12-10-14)23(4)19(25)13-26-20-22-21-16(3)24(20)18-8-6-5-7-15(18)2/h5-8,14,17H,9-13H2,1-4H3. The predicted octanol–water partition coefficient (Wildman–Crippen LogP) is 4.01. The number of hydrogen-bond donors (Lipinski definition) is 0. The minimum atomic E-state index is 0.173. The second-order valence-corrected chi connectivity index (χ2v) is 8.30. The Bertz CT molecular complexity index is 765. The van der Waals surface area contributed by atoms with Gasteiger partial charge >= 0.3 is 0 Å². The topological polar surface area (TPSA) is 51.0 Å². The molecule has 0 spiro atoms. The van der Waals surface area contributed by atoms with E-state index in [0.29, 0.717) is 11.8 Å². The van der Waals surface area contributed by atoms with Crippen molar-refractivity contribution in [3.63, 3.8) is 0 Å². The number of aromatic nitrogens is 3. The van der Waals surface area contributed by atoms with Crippen LogP contribution in [0.2, 0.25) is 0 Å². The molecule has 1 aliphatic rings. The molecule has 1 aromatic heterocycles. The van der Waals surface area contributed by atoms with Crippen molar-refractivity contribution in [3.8, 4) is 5.69 Å². The molecule has 0 N–H and O–H groups in total. The number of hydrogen-bond acceptors (Lipinski definition) is 4. The van der Waals surface area contributed by atoms with Crippen LogP contribution >= 0.6 is 11.8 Å². The van der Waals surface area contributed by atoms with Crippen LogP contribution in [0.1, 0.15) is 44.0 Å². The summed E-state index contributed by atoms with van der Waals surface area (Å²) in [6.45, 7) is 6.32. The van der Waals surface area contributed by atoms with E-state index < -0.39 is 0 Å². The molecule has 5 nitrogen and oxygen atoms in total. The Morgan fingerprint density at radius 2 is 1.88 bits per heavy atom. The fraction of sp³-hybridized carbons (Fsp3) is 0.550. The largest absolute Gasteiger partial charge is 0.342 e. The summed E-state index contributed by atoms with van der Waals surface area (Å²) in [6, 6.07) is 8.56. The highest BCUT2D eigenvalue weighted by molar-refractivity contribution is 7.99. The SMILES string of the molecule is Cc1ccccc1-n1c(C)nnc1SCC(=O)N(C)C1CCC(C)CC1. The maximum Gasteiger partial charge on any atom is 0.233 e. The summed E-state index contributed by atoms with van der Waals surface area (Å²) in [5, 5.41) is 9.29. The number of rotatable bonds is 5. The fourth-order valence-electron chi connectivity index (χ4n) is 3.59. The molecular formula is C20H28N4OS. The van der Waals surface area contributed by atoms with E-state index in [9.17, 15) is 4.79 Å². The molecule has 26 heavy (non-hydrogen) atoms. The minimum absolute atomic E-state index is 0.173. The number of para-hydroxylation sites is 1. The number of nitrogens with zero attached hydrogens (tertiary/aromatic N) is 4. The summed E-state index contributed by atoms with van der Waals surface area (Å²) in [6.07, 6.45) is 4.67. The first-order valence-corrected chi connectivity index (χ1v) is 10.3. The smallest absolute Gasteiger partial charge is 0.233 e. The highest BCUT2D eigenvalue weighted by Gasteiger charge is 2.25. The average Bonchev–Trinajstić information content (AvgIpc) is 3.00. The van der Waals surface area contributed by atoms with E-state index in [1.807, 2.05) is 35.6 Å². The highest BCUT2D eigenvalue weighted by atomic mass is 32.2. The molecule has 1 aromatic carbocycles. The van der Waals surface area contributed by atoms with Crippen molar-refractivity contribution in [1.82, 2.24) is 19.7 Å². The molecular weight excluding hydrogens is 344 g/mol. The molecule has 0 radical (unpaired) electrons. The zero-order chi connectivity index (χ0) is 18.7. The molecule has 1 saturated carbocycles. The molecule has 140 valence electrons. The van der Waals surface area contributed by atoms with Gasteiger partial charge in [0.25, 0.3) is 0 Å². The van der Waals surface area contributed by atoms with Crippen LogP contribution in [0.3, 0.4) is 0 Å². The molecule has 1 amide bonds. The van der Waals surface area contributed by atoms with Crippen molar-refractivity contribution in [1.29, 1.82) is 0 Å². The van der Waals surface area contributed by atoms with Gasteiger partial charge < -0.3 is 4.90 Å². The first-order chi connectivity index (χ1) is 12.5. The van der Waals surface area contributed by atoms with Gasteiger partial charge in [-0.3, -0.25) is 9.36 Å². The molecule has 0 atom stereocenters. The van der Waals surface area contributed by atoms with Crippen molar-refractivity contribution in [2.24, 2.45) is 5.92 Å². The van der Waals surface area contributed by atoms with Crippen LogP contribution in [0.25, 0.3) is 5.69 Å². The number of amides is 1. The Kier molecular flexibility index (Phi) is 6.01. The maximum absolute atomic E-state index is 12.7. The van der Waals surface area contributed by atoms with Gasteiger partial charge in [0, 0.05) is 13.1 Å². The molecule has 0 aliphatic heterocycles. The van der Waals surface area contributed by atoms with Gasteiger partial charge in [0.2, 0.25) is 5.91 Å². The molecule has 6 heteroatoms. The van der Waals surface area contributed by atoms with Gasteiger partial charge in [-0.05, 0) is 57.1 Å².